The Balaban J connectivity index is 2.65. The maximum absolute atomic E-state index is 10.8. The van der Waals surface area contributed by atoms with Crippen molar-refractivity contribution in [2.75, 3.05) is 0 Å². The summed E-state index contributed by atoms with van der Waals surface area (Å²) < 4.78 is 0. The quantitative estimate of drug-likeness (QED) is 0.522. The van der Waals surface area contributed by atoms with E-state index in [1.165, 1.54) is 12.1 Å². The van der Waals surface area contributed by atoms with E-state index < -0.39 is 4.92 Å². The van der Waals surface area contributed by atoms with Gasteiger partial charge < -0.3 is 5.73 Å². The highest BCUT2D eigenvalue weighted by Crippen LogP contribution is 2.27. The third-order valence-electron chi connectivity index (χ3n) is 2.56. The van der Waals surface area contributed by atoms with Crippen molar-refractivity contribution in [3.8, 4) is 11.1 Å². The van der Waals surface area contributed by atoms with Crippen molar-refractivity contribution < 1.29 is 4.92 Å². The lowest BCUT2D eigenvalue weighted by atomic mass is 9.99. The fourth-order valence-electron chi connectivity index (χ4n) is 1.72. The molecule has 0 spiro atoms. The van der Waals surface area contributed by atoms with E-state index >= 15 is 0 Å². The van der Waals surface area contributed by atoms with Crippen molar-refractivity contribution in [3.05, 3.63) is 64.2 Å². The van der Waals surface area contributed by atoms with Gasteiger partial charge in [0.05, 0.1) is 4.92 Å². The zero-order chi connectivity index (χ0) is 13.1. The molecule has 0 saturated heterocycles. The SMILES string of the molecule is NC(=S)c1ccc([N+](=O)[O-])cc1-c1ccccc1. The molecule has 0 aliphatic heterocycles. The summed E-state index contributed by atoms with van der Waals surface area (Å²) in [6.45, 7) is 0. The summed E-state index contributed by atoms with van der Waals surface area (Å²) in [6.07, 6.45) is 0. The molecule has 2 N–H and O–H groups in total. The zero-order valence-corrected chi connectivity index (χ0v) is 10.2. The van der Waals surface area contributed by atoms with Crippen LogP contribution in [-0.4, -0.2) is 9.91 Å². The monoisotopic (exact) mass is 258 g/mol. The fourth-order valence-corrected chi connectivity index (χ4v) is 1.90. The lowest BCUT2D eigenvalue weighted by Crippen LogP contribution is -2.11. The number of rotatable bonds is 3. The molecule has 90 valence electrons. The molecule has 0 radical (unpaired) electrons. The molecule has 2 aromatic carbocycles. The first-order valence-corrected chi connectivity index (χ1v) is 5.64. The lowest BCUT2D eigenvalue weighted by Gasteiger charge is -2.08. The van der Waals surface area contributed by atoms with Crippen molar-refractivity contribution in [3.63, 3.8) is 0 Å². The Morgan fingerprint density at radius 3 is 2.39 bits per heavy atom. The van der Waals surface area contributed by atoms with Gasteiger partial charge in [0, 0.05) is 17.7 Å². The Morgan fingerprint density at radius 1 is 1.17 bits per heavy atom. The van der Waals surface area contributed by atoms with E-state index in [0.29, 0.717) is 11.1 Å². The van der Waals surface area contributed by atoms with Gasteiger partial charge in [0.2, 0.25) is 0 Å². The van der Waals surface area contributed by atoms with Gasteiger partial charge in [0.1, 0.15) is 4.99 Å². The minimum atomic E-state index is -0.435. The number of nitrogens with two attached hydrogens (primary N) is 1. The van der Waals surface area contributed by atoms with Crippen molar-refractivity contribution in [2.45, 2.75) is 0 Å². The van der Waals surface area contributed by atoms with Gasteiger partial charge in [-0.25, -0.2) is 0 Å². The van der Waals surface area contributed by atoms with Crippen LogP contribution < -0.4 is 5.73 Å². The number of benzene rings is 2. The van der Waals surface area contributed by atoms with Crippen molar-refractivity contribution in [2.24, 2.45) is 5.73 Å². The average Bonchev–Trinajstić information content (AvgIpc) is 2.39. The largest absolute Gasteiger partial charge is 0.389 e. The summed E-state index contributed by atoms with van der Waals surface area (Å²) in [4.78, 5) is 10.6. The molecule has 0 heterocycles. The molecule has 0 amide bonds. The van der Waals surface area contributed by atoms with Crippen LogP contribution in [-0.2, 0) is 0 Å². The van der Waals surface area contributed by atoms with Crippen LogP contribution in [0.5, 0.6) is 0 Å². The third kappa shape index (κ3) is 2.36. The van der Waals surface area contributed by atoms with Gasteiger partial charge >= 0.3 is 0 Å². The van der Waals surface area contributed by atoms with E-state index in [2.05, 4.69) is 0 Å². The number of hydrogen-bond acceptors (Lipinski definition) is 3. The van der Waals surface area contributed by atoms with Crippen molar-refractivity contribution in [1.29, 1.82) is 0 Å². The molecule has 0 fully saturated rings. The molecular weight excluding hydrogens is 248 g/mol. The van der Waals surface area contributed by atoms with Crippen molar-refractivity contribution >= 4 is 22.9 Å². The molecule has 2 aromatic rings. The Hall–Kier alpha value is -2.27. The second-order valence-corrected chi connectivity index (χ2v) is 4.16. The standard InChI is InChI=1S/C13H10N2O2S/c14-13(18)11-7-6-10(15(16)17)8-12(11)9-4-2-1-3-5-9/h1-8H,(H2,14,18). The van der Waals surface area contributed by atoms with Crippen LogP contribution in [0.3, 0.4) is 0 Å². The summed E-state index contributed by atoms with van der Waals surface area (Å²) in [5.74, 6) is 0. The van der Waals surface area contributed by atoms with Crippen LogP contribution in [0, 0.1) is 10.1 Å². The van der Waals surface area contributed by atoms with Crippen LogP contribution in [0.4, 0.5) is 5.69 Å². The third-order valence-corrected chi connectivity index (χ3v) is 2.78. The summed E-state index contributed by atoms with van der Waals surface area (Å²) in [5.41, 5.74) is 7.83. The normalized spacial score (nSPS) is 10.0. The zero-order valence-electron chi connectivity index (χ0n) is 9.37. The van der Waals surface area contributed by atoms with Crippen LogP contribution >= 0.6 is 12.2 Å². The van der Waals surface area contributed by atoms with Gasteiger partial charge in [-0.15, -0.1) is 0 Å². The van der Waals surface area contributed by atoms with E-state index in [9.17, 15) is 10.1 Å². The number of nitrogens with zero attached hydrogens (tertiary/aromatic N) is 1. The predicted molar refractivity (Wildman–Crippen MR) is 74.4 cm³/mol. The van der Waals surface area contributed by atoms with E-state index in [1.54, 1.807) is 6.07 Å². The predicted octanol–water partition coefficient (Wildman–Crippen LogP) is 2.90. The number of hydrogen-bond donors (Lipinski definition) is 1. The van der Waals surface area contributed by atoms with Crippen LogP contribution in [0.2, 0.25) is 0 Å². The second kappa shape index (κ2) is 4.93. The molecule has 5 heteroatoms. The highest BCUT2D eigenvalue weighted by Gasteiger charge is 2.13. The van der Waals surface area contributed by atoms with Gasteiger partial charge in [-0.2, -0.15) is 0 Å². The highest BCUT2D eigenvalue weighted by atomic mass is 32.1. The Kier molecular flexibility index (Phi) is 3.34. The minimum absolute atomic E-state index is 0.0221. The number of nitro benzene ring substituents is 1. The number of nitro groups is 1. The summed E-state index contributed by atoms with van der Waals surface area (Å²) >= 11 is 4.97. The van der Waals surface area contributed by atoms with Crippen LogP contribution in [0.25, 0.3) is 11.1 Å². The van der Waals surface area contributed by atoms with Crippen LogP contribution in [0.15, 0.2) is 48.5 Å². The Labute approximate surface area is 109 Å². The number of non-ortho nitro benzene ring substituents is 1. The highest BCUT2D eigenvalue weighted by molar-refractivity contribution is 7.80. The molecule has 0 unspecified atom stereocenters. The summed E-state index contributed by atoms with van der Waals surface area (Å²) in [6, 6.07) is 13.8. The smallest absolute Gasteiger partial charge is 0.270 e. The fraction of sp³-hybridized carbons (Fsp3) is 0. The van der Waals surface area contributed by atoms with Crippen LogP contribution in [0.1, 0.15) is 5.56 Å². The maximum atomic E-state index is 10.8. The molecule has 0 aromatic heterocycles. The first-order valence-electron chi connectivity index (χ1n) is 5.23. The summed E-state index contributed by atoms with van der Waals surface area (Å²) in [5, 5.41) is 10.8. The Morgan fingerprint density at radius 2 is 1.83 bits per heavy atom. The van der Waals surface area contributed by atoms with Gasteiger partial charge in [-0.1, -0.05) is 42.5 Å². The Bertz CT molecular complexity index is 612. The minimum Gasteiger partial charge on any atom is -0.389 e. The van der Waals surface area contributed by atoms with E-state index in [-0.39, 0.29) is 10.7 Å². The number of thiocarbonyl (C=S) groups is 1. The molecular formula is C13H10N2O2S. The maximum Gasteiger partial charge on any atom is 0.270 e. The van der Waals surface area contributed by atoms with Gasteiger partial charge in [0.15, 0.2) is 0 Å². The second-order valence-electron chi connectivity index (χ2n) is 3.72. The average molecular weight is 258 g/mol. The van der Waals surface area contributed by atoms with Gasteiger partial charge in [-0.3, -0.25) is 10.1 Å². The molecule has 0 atom stereocenters. The first-order chi connectivity index (χ1) is 8.59. The topological polar surface area (TPSA) is 69.2 Å². The molecule has 0 bridgehead atoms. The lowest BCUT2D eigenvalue weighted by molar-refractivity contribution is -0.384. The molecule has 18 heavy (non-hydrogen) atoms. The van der Waals surface area contributed by atoms with E-state index in [4.69, 9.17) is 18.0 Å². The van der Waals surface area contributed by atoms with Gasteiger partial charge in [-0.05, 0) is 17.2 Å². The summed E-state index contributed by atoms with van der Waals surface area (Å²) in [7, 11) is 0. The van der Waals surface area contributed by atoms with E-state index in [0.717, 1.165) is 5.56 Å². The van der Waals surface area contributed by atoms with Crippen molar-refractivity contribution in [1.82, 2.24) is 0 Å². The molecule has 2 rings (SSSR count). The molecule has 0 aliphatic rings. The van der Waals surface area contributed by atoms with E-state index in [1.807, 2.05) is 30.3 Å². The van der Waals surface area contributed by atoms with Gasteiger partial charge in [0.25, 0.3) is 5.69 Å². The first kappa shape index (κ1) is 12.2. The molecule has 0 aliphatic carbocycles. The molecule has 4 nitrogen and oxygen atoms in total. The molecule has 0 saturated carbocycles.